The zero-order chi connectivity index (χ0) is 23.2. The summed E-state index contributed by atoms with van der Waals surface area (Å²) in [6.07, 6.45) is 14.2. The van der Waals surface area contributed by atoms with Gasteiger partial charge in [0.15, 0.2) is 0 Å². The molecule has 2 heterocycles. The summed E-state index contributed by atoms with van der Waals surface area (Å²) in [5, 5.41) is 0. The van der Waals surface area contributed by atoms with E-state index in [9.17, 15) is 9.59 Å². The number of nitrogens with zero attached hydrogens (tertiary/aromatic N) is 4. The fourth-order valence-corrected chi connectivity index (χ4v) is 2.41. The van der Waals surface area contributed by atoms with Crippen molar-refractivity contribution in [3.05, 3.63) is 61.7 Å². The van der Waals surface area contributed by atoms with E-state index in [4.69, 9.17) is 9.47 Å². The van der Waals surface area contributed by atoms with Gasteiger partial charge in [0.2, 0.25) is 12.7 Å². The quantitative estimate of drug-likeness (QED) is 0.310. The Hall–Kier alpha value is -3.16. The number of carbonyl (C=O) groups excluding carboxylic acids is 2. The van der Waals surface area contributed by atoms with Gasteiger partial charge in [-0.1, -0.05) is 26.5 Å². The molecule has 0 saturated carbocycles. The third-order valence-corrected chi connectivity index (χ3v) is 4.20. The van der Waals surface area contributed by atoms with Crippen molar-refractivity contribution in [1.29, 1.82) is 0 Å². The van der Waals surface area contributed by atoms with Gasteiger partial charge >= 0.3 is 11.9 Å². The van der Waals surface area contributed by atoms with Crippen LogP contribution in [0, 0.1) is 0 Å². The molecular weight excluding hydrogens is 396 g/mol. The number of esters is 2. The van der Waals surface area contributed by atoms with Gasteiger partial charge < -0.3 is 9.47 Å². The number of aryl methyl sites for hydroxylation is 2. The van der Waals surface area contributed by atoms with E-state index in [1.54, 1.807) is 13.8 Å². The summed E-state index contributed by atoms with van der Waals surface area (Å²) in [5.41, 5.74) is 0.874. The molecule has 0 amide bonds. The van der Waals surface area contributed by atoms with Gasteiger partial charge in [-0.3, -0.25) is 0 Å². The van der Waals surface area contributed by atoms with E-state index >= 15 is 0 Å². The second kappa shape index (κ2) is 14.0. The number of hydrogen-bond acceptors (Lipinski definition) is 4. The Bertz CT molecular complexity index is 867. The van der Waals surface area contributed by atoms with Crippen LogP contribution < -0.4 is 9.13 Å². The molecule has 0 saturated heterocycles. The van der Waals surface area contributed by atoms with Crippen molar-refractivity contribution in [2.75, 3.05) is 13.2 Å². The maximum Gasteiger partial charge on any atom is 0.333 e. The zero-order valence-corrected chi connectivity index (χ0v) is 19.2. The minimum absolute atomic E-state index is 0.323. The predicted octanol–water partition coefficient (Wildman–Crippen LogP) is 2.13. The first kappa shape index (κ1) is 25.9. The highest BCUT2D eigenvalue weighted by Gasteiger charge is 2.06. The second-order valence-electron chi connectivity index (χ2n) is 7.39. The number of aromatic nitrogens is 4. The van der Waals surface area contributed by atoms with Gasteiger partial charge in [0.25, 0.3) is 0 Å². The van der Waals surface area contributed by atoms with E-state index in [-0.39, 0.29) is 11.9 Å². The molecule has 170 valence electrons. The Morgan fingerprint density at radius 2 is 1.42 bits per heavy atom. The number of unbranched alkanes of at least 4 members (excludes halogenated alkanes) is 1. The summed E-state index contributed by atoms with van der Waals surface area (Å²) in [6, 6.07) is 0. The van der Waals surface area contributed by atoms with Gasteiger partial charge in [0.05, 0.1) is 13.6 Å². The highest BCUT2D eigenvalue weighted by Crippen LogP contribution is 1.94. The van der Waals surface area contributed by atoms with Crippen molar-refractivity contribution >= 4 is 11.9 Å². The van der Waals surface area contributed by atoms with Crippen molar-refractivity contribution in [1.82, 2.24) is 9.13 Å². The Labute approximate surface area is 185 Å². The highest BCUT2D eigenvalue weighted by molar-refractivity contribution is 5.87. The maximum atomic E-state index is 11.1. The molecule has 31 heavy (non-hydrogen) atoms. The highest BCUT2D eigenvalue weighted by atomic mass is 16.5. The van der Waals surface area contributed by atoms with Crippen LogP contribution in [0.25, 0.3) is 0 Å². The summed E-state index contributed by atoms with van der Waals surface area (Å²) in [5.74, 6) is -0.655. The molecule has 0 aliphatic heterocycles. The van der Waals surface area contributed by atoms with Crippen LogP contribution in [0.3, 0.4) is 0 Å². The van der Waals surface area contributed by atoms with Crippen LogP contribution >= 0.6 is 0 Å². The maximum absolute atomic E-state index is 11.1. The number of ether oxygens (including phenoxy) is 2. The van der Waals surface area contributed by atoms with Gasteiger partial charge in [0.1, 0.15) is 51.1 Å². The van der Waals surface area contributed by atoms with Crippen LogP contribution in [0.1, 0.15) is 33.6 Å². The SMILES string of the molecule is C=C(C)C(=O)OCCn1cc[n+](C)c1.C=C(C)C(=O)OCCn1cc[n+](CCCC)c1. The van der Waals surface area contributed by atoms with Crippen LogP contribution in [0.5, 0.6) is 0 Å². The van der Waals surface area contributed by atoms with Crippen molar-refractivity contribution in [3.63, 3.8) is 0 Å². The topological polar surface area (TPSA) is 70.2 Å². The molecule has 0 radical (unpaired) electrons. The van der Waals surface area contributed by atoms with Crippen molar-refractivity contribution in [3.8, 4) is 0 Å². The number of imidazole rings is 2. The van der Waals surface area contributed by atoms with Gasteiger partial charge in [0, 0.05) is 11.1 Å². The normalized spacial score (nSPS) is 10.1. The van der Waals surface area contributed by atoms with Crippen molar-refractivity contribution in [2.45, 2.75) is 53.2 Å². The summed E-state index contributed by atoms with van der Waals surface area (Å²) < 4.78 is 18.0. The summed E-state index contributed by atoms with van der Waals surface area (Å²) in [7, 11) is 1.94. The molecule has 0 atom stereocenters. The minimum Gasteiger partial charge on any atom is -0.458 e. The van der Waals surface area contributed by atoms with Crippen LogP contribution in [0.4, 0.5) is 0 Å². The van der Waals surface area contributed by atoms with E-state index in [0.29, 0.717) is 37.4 Å². The molecule has 2 aromatic rings. The van der Waals surface area contributed by atoms with Gasteiger partial charge in [-0.25, -0.2) is 27.9 Å². The number of rotatable bonds is 11. The van der Waals surface area contributed by atoms with Crippen LogP contribution in [-0.4, -0.2) is 34.3 Å². The Morgan fingerprint density at radius 1 is 0.903 bits per heavy atom. The molecule has 0 unspecified atom stereocenters. The summed E-state index contributed by atoms with van der Waals surface area (Å²) >= 11 is 0. The molecule has 0 aliphatic rings. The fraction of sp³-hybridized carbons (Fsp3) is 0.478. The predicted molar refractivity (Wildman–Crippen MR) is 117 cm³/mol. The van der Waals surface area contributed by atoms with E-state index in [1.807, 2.05) is 58.2 Å². The molecule has 0 aromatic carbocycles. The van der Waals surface area contributed by atoms with Crippen LogP contribution in [-0.2, 0) is 45.7 Å². The molecule has 0 N–H and O–H groups in total. The lowest BCUT2D eigenvalue weighted by Crippen LogP contribution is -2.30. The lowest BCUT2D eigenvalue weighted by Gasteiger charge is -2.01. The smallest absolute Gasteiger partial charge is 0.333 e. The molecule has 0 aliphatic carbocycles. The average Bonchev–Trinajstić information content (AvgIpc) is 3.35. The van der Waals surface area contributed by atoms with E-state index in [2.05, 4.69) is 24.6 Å². The molecule has 0 fully saturated rings. The summed E-state index contributed by atoms with van der Waals surface area (Å²) in [6.45, 7) is 15.6. The largest absolute Gasteiger partial charge is 0.458 e. The molecule has 2 rings (SSSR count). The third kappa shape index (κ3) is 11.0. The Morgan fingerprint density at radius 3 is 1.87 bits per heavy atom. The average molecular weight is 433 g/mol. The minimum atomic E-state index is -0.332. The monoisotopic (exact) mass is 432 g/mol. The van der Waals surface area contributed by atoms with E-state index in [1.165, 1.54) is 12.8 Å². The summed E-state index contributed by atoms with van der Waals surface area (Å²) in [4.78, 5) is 22.1. The zero-order valence-electron chi connectivity index (χ0n) is 19.2. The molecular formula is C23H36N4O4+2. The molecule has 8 nitrogen and oxygen atoms in total. The van der Waals surface area contributed by atoms with Crippen molar-refractivity contribution in [2.24, 2.45) is 7.05 Å². The second-order valence-corrected chi connectivity index (χ2v) is 7.39. The first-order valence-electron chi connectivity index (χ1n) is 10.4. The van der Waals surface area contributed by atoms with Crippen molar-refractivity contribution < 1.29 is 28.2 Å². The first-order valence-corrected chi connectivity index (χ1v) is 10.4. The standard InChI is InChI=1S/C13H21N2O2.C10H15N2O2/c1-4-5-6-14-7-8-15(11-14)9-10-17-13(16)12(2)3;1-9(2)10(13)14-7-6-12-5-4-11(3)8-12/h7-8,11H,2,4-6,9-10H2,1,3H3;4-5,8H,1,6-7H2,2-3H3/q2*+1. The van der Waals surface area contributed by atoms with Gasteiger partial charge in [-0.2, -0.15) is 0 Å². The Balaban J connectivity index is 0.000000316. The first-order chi connectivity index (χ1) is 14.7. The lowest BCUT2D eigenvalue weighted by atomic mass is 10.3. The number of carbonyl (C=O) groups is 2. The van der Waals surface area contributed by atoms with Crippen LogP contribution in [0.15, 0.2) is 61.7 Å². The molecule has 2 aromatic heterocycles. The van der Waals surface area contributed by atoms with Gasteiger partial charge in [-0.05, 0) is 20.3 Å². The van der Waals surface area contributed by atoms with Gasteiger partial charge in [-0.15, -0.1) is 0 Å². The number of hydrogen-bond donors (Lipinski definition) is 0. The fourth-order valence-electron chi connectivity index (χ4n) is 2.41. The van der Waals surface area contributed by atoms with Crippen LogP contribution in [0.2, 0.25) is 0 Å². The molecule has 0 bridgehead atoms. The third-order valence-electron chi connectivity index (χ3n) is 4.20. The lowest BCUT2D eigenvalue weighted by molar-refractivity contribution is -0.696. The molecule has 0 spiro atoms. The Kier molecular flexibility index (Phi) is 11.6. The van der Waals surface area contributed by atoms with E-state index < -0.39 is 0 Å². The van der Waals surface area contributed by atoms with E-state index in [0.717, 1.165) is 6.54 Å². The molecule has 8 heteroatoms.